The number of carbonyl (C=O) groups excluding carboxylic acids is 3. The first-order valence-corrected chi connectivity index (χ1v) is 35.0. The lowest BCUT2D eigenvalue weighted by Crippen LogP contribution is -2.30. The fraction of sp³-hybridized carbons (Fsp3) is 0.701. The zero-order chi connectivity index (χ0) is 59.9. The highest BCUT2D eigenvalue weighted by molar-refractivity contribution is 5.71. The first kappa shape index (κ1) is 78.8. The monoisotopic (exact) mass is 1150 g/mol. The molecule has 0 spiro atoms. The largest absolute Gasteiger partial charge is 0.462 e. The molecule has 0 aromatic carbocycles. The molecular weight excluding hydrogens is 1020 g/mol. The molecule has 0 fully saturated rings. The molecular formula is C77H130O6. The molecule has 6 nitrogen and oxygen atoms in total. The van der Waals surface area contributed by atoms with Crippen LogP contribution in [0.5, 0.6) is 0 Å². The van der Waals surface area contributed by atoms with E-state index in [4.69, 9.17) is 14.2 Å². The van der Waals surface area contributed by atoms with E-state index in [1.807, 2.05) is 0 Å². The minimum atomic E-state index is -0.807. The van der Waals surface area contributed by atoms with E-state index in [0.717, 1.165) is 116 Å². The van der Waals surface area contributed by atoms with Gasteiger partial charge in [-0.25, -0.2) is 0 Å². The number of hydrogen-bond acceptors (Lipinski definition) is 6. The molecule has 0 aromatic rings. The van der Waals surface area contributed by atoms with Crippen LogP contribution in [0.25, 0.3) is 0 Å². The third-order valence-electron chi connectivity index (χ3n) is 15.0. The van der Waals surface area contributed by atoms with Crippen molar-refractivity contribution in [2.75, 3.05) is 13.2 Å². The van der Waals surface area contributed by atoms with Gasteiger partial charge in [0.2, 0.25) is 0 Å². The fourth-order valence-corrected chi connectivity index (χ4v) is 9.79. The van der Waals surface area contributed by atoms with Gasteiger partial charge in [-0.2, -0.15) is 0 Å². The predicted molar refractivity (Wildman–Crippen MR) is 362 cm³/mol. The van der Waals surface area contributed by atoms with E-state index < -0.39 is 6.10 Å². The smallest absolute Gasteiger partial charge is 0.306 e. The Kier molecular flexibility index (Phi) is 66.7. The summed E-state index contributed by atoms with van der Waals surface area (Å²) in [5, 5.41) is 0. The molecule has 0 radical (unpaired) electrons. The Morgan fingerprint density at radius 3 is 0.759 bits per heavy atom. The zero-order valence-corrected chi connectivity index (χ0v) is 54.4. The molecule has 0 saturated heterocycles. The quantitative estimate of drug-likeness (QED) is 0.0261. The van der Waals surface area contributed by atoms with E-state index in [-0.39, 0.29) is 37.5 Å². The summed E-state index contributed by atoms with van der Waals surface area (Å²) in [4.78, 5) is 38.5. The SMILES string of the molecule is CC/C=C\C/C=C\C/C=C\C/C=C\C/C=C\C/C=C\CCCCC(=O)OC(COC(=O)CCCCCCCCCCCC/C=C\C/C=C\C/C=C\C/C=C\CC)COC(=O)CCCCCCCCCCCCCCCCCCCCCCC. The second-order valence-corrected chi connectivity index (χ2v) is 23.0. The fourth-order valence-electron chi connectivity index (χ4n) is 9.79. The number of unbranched alkanes of at least 4 members (excludes halogenated alkanes) is 32. The maximum Gasteiger partial charge on any atom is 0.306 e. The number of allylic oxidation sites excluding steroid dienone is 20. The number of rotatable bonds is 63. The summed E-state index contributed by atoms with van der Waals surface area (Å²) in [5.41, 5.74) is 0. The van der Waals surface area contributed by atoms with Crippen molar-refractivity contribution in [1.82, 2.24) is 0 Å². The highest BCUT2D eigenvalue weighted by Crippen LogP contribution is 2.17. The van der Waals surface area contributed by atoms with Crippen molar-refractivity contribution in [3.63, 3.8) is 0 Å². The third kappa shape index (κ3) is 68.5. The minimum absolute atomic E-state index is 0.0963. The Hall–Kier alpha value is -4.19. The summed E-state index contributed by atoms with van der Waals surface area (Å²) in [6, 6.07) is 0. The molecule has 6 heteroatoms. The molecule has 1 unspecified atom stereocenters. The Labute approximate surface area is 513 Å². The van der Waals surface area contributed by atoms with E-state index in [2.05, 4.69) is 142 Å². The van der Waals surface area contributed by atoms with Crippen LogP contribution in [0, 0.1) is 0 Å². The average Bonchev–Trinajstić information content (AvgIpc) is 3.49. The van der Waals surface area contributed by atoms with Gasteiger partial charge in [0.25, 0.3) is 0 Å². The lowest BCUT2D eigenvalue weighted by Gasteiger charge is -2.18. The lowest BCUT2D eigenvalue weighted by molar-refractivity contribution is -0.167. The molecule has 1 atom stereocenters. The molecule has 0 aromatic heterocycles. The van der Waals surface area contributed by atoms with Crippen molar-refractivity contribution in [1.29, 1.82) is 0 Å². The van der Waals surface area contributed by atoms with E-state index in [0.29, 0.717) is 19.3 Å². The van der Waals surface area contributed by atoms with Gasteiger partial charge in [0.1, 0.15) is 13.2 Å². The molecule has 0 bridgehead atoms. The van der Waals surface area contributed by atoms with Crippen LogP contribution in [0.4, 0.5) is 0 Å². The van der Waals surface area contributed by atoms with Crippen LogP contribution < -0.4 is 0 Å². The van der Waals surface area contributed by atoms with Crippen molar-refractivity contribution < 1.29 is 28.6 Å². The topological polar surface area (TPSA) is 78.9 Å². The highest BCUT2D eigenvalue weighted by Gasteiger charge is 2.19. The summed E-state index contributed by atoms with van der Waals surface area (Å²) in [5.74, 6) is -0.932. The summed E-state index contributed by atoms with van der Waals surface area (Å²) >= 11 is 0. The number of carbonyl (C=O) groups is 3. The molecule has 474 valence electrons. The summed E-state index contributed by atoms with van der Waals surface area (Å²) < 4.78 is 17.0. The van der Waals surface area contributed by atoms with Crippen molar-refractivity contribution >= 4 is 17.9 Å². The third-order valence-corrected chi connectivity index (χ3v) is 15.0. The van der Waals surface area contributed by atoms with Crippen molar-refractivity contribution in [3.05, 3.63) is 122 Å². The Morgan fingerprint density at radius 1 is 0.253 bits per heavy atom. The van der Waals surface area contributed by atoms with Crippen molar-refractivity contribution in [3.8, 4) is 0 Å². The van der Waals surface area contributed by atoms with Crippen LogP contribution in [0.2, 0.25) is 0 Å². The Bertz CT molecular complexity index is 1700. The van der Waals surface area contributed by atoms with Gasteiger partial charge in [-0.15, -0.1) is 0 Å². The first-order chi connectivity index (χ1) is 41.0. The number of esters is 3. The molecule has 0 aliphatic carbocycles. The minimum Gasteiger partial charge on any atom is -0.462 e. The lowest BCUT2D eigenvalue weighted by atomic mass is 10.0. The molecule has 0 saturated carbocycles. The maximum atomic E-state index is 13.0. The van der Waals surface area contributed by atoms with Crippen LogP contribution >= 0.6 is 0 Å². The number of hydrogen-bond donors (Lipinski definition) is 0. The zero-order valence-electron chi connectivity index (χ0n) is 54.4. The standard InChI is InChI=1S/C77H130O6/c1-4-7-10-13-16-19-22-25-28-31-34-37-38-41-43-46-49-52-55-58-61-64-67-70-76(79)82-73-74(83-77(80)71-68-65-62-59-56-53-50-47-44-40-36-33-30-27-24-21-18-15-12-9-6-3)72-81-75(78)69-66-63-60-57-54-51-48-45-42-39-35-32-29-26-23-20-17-14-11-8-5-2/h7,9-10,12,16,18-19,21,25,27-28,30,34,36-37,40,47,50,56,59,74H,4-6,8,11,13-15,17,20,22-24,26,29,31-33,35,38-39,41-46,48-49,51-55,57-58,60-73H2,1-3H3/b10-7-,12-9-,19-16-,21-18-,28-25-,30-27-,37-34-,40-36-,50-47-,59-56-. The van der Waals surface area contributed by atoms with Crippen molar-refractivity contribution in [2.24, 2.45) is 0 Å². The second kappa shape index (κ2) is 70.3. The van der Waals surface area contributed by atoms with E-state index in [1.165, 1.54) is 167 Å². The highest BCUT2D eigenvalue weighted by atomic mass is 16.6. The van der Waals surface area contributed by atoms with E-state index in [1.54, 1.807) is 0 Å². The van der Waals surface area contributed by atoms with Crippen molar-refractivity contribution in [2.45, 2.75) is 335 Å². The molecule has 0 aliphatic heterocycles. The normalized spacial score (nSPS) is 12.9. The molecule has 0 aliphatic rings. The summed E-state index contributed by atoms with van der Waals surface area (Å²) in [7, 11) is 0. The van der Waals surface area contributed by atoms with Crippen LogP contribution in [0.1, 0.15) is 329 Å². The van der Waals surface area contributed by atoms with Crippen LogP contribution in [-0.2, 0) is 28.6 Å². The van der Waals surface area contributed by atoms with Crippen LogP contribution in [0.3, 0.4) is 0 Å². The molecule has 0 heterocycles. The van der Waals surface area contributed by atoms with Gasteiger partial charge in [0.05, 0.1) is 0 Å². The van der Waals surface area contributed by atoms with Gasteiger partial charge in [-0.05, 0) is 109 Å². The molecule has 0 amide bonds. The predicted octanol–water partition coefficient (Wildman–Crippen LogP) is 24.3. The maximum absolute atomic E-state index is 13.0. The van der Waals surface area contributed by atoms with Gasteiger partial charge in [0, 0.05) is 19.3 Å². The van der Waals surface area contributed by atoms with E-state index >= 15 is 0 Å². The van der Waals surface area contributed by atoms with Gasteiger partial charge in [-0.3, -0.25) is 14.4 Å². The Morgan fingerprint density at radius 2 is 0.470 bits per heavy atom. The van der Waals surface area contributed by atoms with Gasteiger partial charge in [-0.1, -0.05) is 322 Å². The summed E-state index contributed by atoms with van der Waals surface area (Å²) in [6.07, 6.45) is 97.9. The van der Waals surface area contributed by atoms with Gasteiger partial charge in [0.15, 0.2) is 6.10 Å². The van der Waals surface area contributed by atoms with Crippen LogP contribution in [-0.4, -0.2) is 37.2 Å². The second-order valence-electron chi connectivity index (χ2n) is 23.0. The molecule has 83 heavy (non-hydrogen) atoms. The van der Waals surface area contributed by atoms with Gasteiger partial charge < -0.3 is 14.2 Å². The van der Waals surface area contributed by atoms with Gasteiger partial charge >= 0.3 is 17.9 Å². The summed E-state index contributed by atoms with van der Waals surface area (Å²) in [6.45, 7) is 6.42. The van der Waals surface area contributed by atoms with E-state index in [9.17, 15) is 14.4 Å². The molecule has 0 rings (SSSR count). The Balaban J connectivity index is 4.45. The first-order valence-electron chi connectivity index (χ1n) is 35.0. The number of ether oxygens (including phenoxy) is 3. The van der Waals surface area contributed by atoms with Crippen LogP contribution in [0.15, 0.2) is 122 Å². The average molecular weight is 1150 g/mol. The molecule has 0 N–H and O–H groups in total.